The molecule has 1 amide bonds. The first-order valence-electron chi connectivity index (χ1n) is 6.52. The number of aromatic nitrogens is 1. The van der Waals surface area contributed by atoms with E-state index in [2.05, 4.69) is 26.0 Å². The topological polar surface area (TPSA) is 43.3 Å². The van der Waals surface area contributed by atoms with Crippen LogP contribution in [0.5, 0.6) is 5.75 Å². The van der Waals surface area contributed by atoms with E-state index >= 15 is 0 Å². The summed E-state index contributed by atoms with van der Waals surface area (Å²) >= 11 is 3.27. The smallest absolute Gasteiger partial charge is 0.387 e. The molecule has 0 atom stereocenters. The number of hydrogen-bond acceptors (Lipinski definition) is 2. The van der Waals surface area contributed by atoms with Crippen LogP contribution in [0.25, 0.3) is 0 Å². The maximum absolute atomic E-state index is 12.4. The van der Waals surface area contributed by atoms with Crippen LogP contribution in [0.4, 0.5) is 8.78 Å². The monoisotopic (exact) mass is 372 g/mol. The molecule has 0 saturated carbocycles. The zero-order valence-corrected chi connectivity index (χ0v) is 13.7. The molecule has 0 spiro atoms. The first-order chi connectivity index (χ1) is 10.4. The van der Waals surface area contributed by atoms with Crippen LogP contribution in [0.3, 0.4) is 0 Å². The van der Waals surface area contributed by atoms with Gasteiger partial charge in [0, 0.05) is 29.3 Å². The van der Waals surface area contributed by atoms with Crippen LogP contribution in [0.15, 0.2) is 34.8 Å². The number of halogens is 3. The van der Waals surface area contributed by atoms with Gasteiger partial charge in [0.1, 0.15) is 11.4 Å². The third kappa shape index (κ3) is 3.85. The van der Waals surface area contributed by atoms with Crippen LogP contribution in [0.1, 0.15) is 21.7 Å². The van der Waals surface area contributed by atoms with Crippen molar-refractivity contribution < 1.29 is 18.3 Å². The zero-order chi connectivity index (χ0) is 16.3. The second kappa shape index (κ2) is 6.91. The standard InChI is InChI=1S/C15H15BrF2N2O2/c1-9-3-5-12(20(9)2)14(21)19-8-10-7-11(16)4-6-13(10)22-15(17)18/h3-7,15H,8H2,1-2H3,(H,19,21). The fraction of sp³-hybridized carbons (Fsp3) is 0.267. The number of ether oxygens (including phenoxy) is 1. The summed E-state index contributed by atoms with van der Waals surface area (Å²) in [6, 6.07) is 8.21. The van der Waals surface area contributed by atoms with Crippen molar-refractivity contribution in [2.45, 2.75) is 20.1 Å². The van der Waals surface area contributed by atoms with Gasteiger partial charge in [-0.2, -0.15) is 8.78 Å². The highest BCUT2D eigenvalue weighted by molar-refractivity contribution is 9.10. The van der Waals surface area contributed by atoms with Gasteiger partial charge < -0.3 is 14.6 Å². The van der Waals surface area contributed by atoms with Gasteiger partial charge in [0.25, 0.3) is 5.91 Å². The van der Waals surface area contributed by atoms with Gasteiger partial charge >= 0.3 is 6.61 Å². The number of alkyl halides is 2. The maximum atomic E-state index is 12.4. The molecule has 2 aromatic rings. The molecule has 1 aromatic carbocycles. The molecule has 2 rings (SSSR count). The number of carbonyl (C=O) groups is 1. The van der Waals surface area contributed by atoms with Crippen molar-refractivity contribution in [2.24, 2.45) is 7.05 Å². The Morgan fingerprint density at radius 3 is 2.68 bits per heavy atom. The Balaban J connectivity index is 2.12. The van der Waals surface area contributed by atoms with Crippen molar-refractivity contribution in [3.05, 3.63) is 51.8 Å². The lowest BCUT2D eigenvalue weighted by Gasteiger charge is -2.12. The van der Waals surface area contributed by atoms with E-state index in [1.165, 1.54) is 6.07 Å². The SMILES string of the molecule is Cc1ccc(C(=O)NCc2cc(Br)ccc2OC(F)F)n1C. The van der Waals surface area contributed by atoms with E-state index in [0.29, 0.717) is 15.7 Å². The number of aryl methyl sites for hydroxylation is 1. The van der Waals surface area contributed by atoms with Crippen molar-refractivity contribution >= 4 is 21.8 Å². The van der Waals surface area contributed by atoms with Crippen molar-refractivity contribution in [3.8, 4) is 5.75 Å². The van der Waals surface area contributed by atoms with E-state index in [4.69, 9.17) is 0 Å². The van der Waals surface area contributed by atoms with E-state index < -0.39 is 6.61 Å². The Morgan fingerprint density at radius 1 is 1.36 bits per heavy atom. The fourth-order valence-electron chi connectivity index (χ4n) is 2.00. The second-order valence-electron chi connectivity index (χ2n) is 4.73. The van der Waals surface area contributed by atoms with E-state index in [9.17, 15) is 13.6 Å². The molecule has 0 aliphatic carbocycles. The first-order valence-corrected chi connectivity index (χ1v) is 7.31. The molecule has 0 bridgehead atoms. The summed E-state index contributed by atoms with van der Waals surface area (Å²) < 4.78 is 31.7. The first kappa shape index (κ1) is 16.5. The quantitative estimate of drug-likeness (QED) is 0.870. The lowest BCUT2D eigenvalue weighted by molar-refractivity contribution is -0.0504. The van der Waals surface area contributed by atoms with Gasteiger partial charge in [0.05, 0.1) is 0 Å². The molecule has 7 heteroatoms. The molecule has 0 radical (unpaired) electrons. The van der Waals surface area contributed by atoms with E-state index in [0.717, 1.165) is 5.69 Å². The van der Waals surface area contributed by atoms with Crippen molar-refractivity contribution in [1.82, 2.24) is 9.88 Å². The minimum Gasteiger partial charge on any atom is -0.434 e. The van der Waals surface area contributed by atoms with E-state index in [-0.39, 0.29) is 18.2 Å². The van der Waals surface area contributed by atoms with Gasteiger partial charge in [-0.15, -0.1) is 0 Å². The number of nitrogens with zero attached hydrogens (tertiary/aromatic N) is 1. The predicted molar refractivity (Wildman–Crippen MR) is 82.1 cm³/mol. The summed E-state index contributed by atoms with van der Waals surface area (Å²) in [4.78, 5) is 12.1. The minimum absolute atomic E-state index is 0.0431. The normalized spacial score (nSPS) is 10.8. The lowest BCUT2D eigenvalue weighted by atomic mass is 10.2. The lowest BCUT2D eigenvalue weighted by Crippen LogP contribution is -2.25. The summed E-state index contributed by atoms with van der Waals surface area (Å²) in [7, 11) is 1.79. The fourth-order valence-corrected chi connectivity index (χ4v) is 2.41. The highest BCUT2D eigenvalue weighted by Gasteiger charge is 2.14. The summed E-state index contributed by atoms with van der Waals surface area (Å²) in [6.07, 6.45) is 0. The summed E-state index contributed by atoms with van der Waals surface area (Å²) in [5.41, 5.74) is 1.92. The highest BCUT2D eigenvalue weighted by Crippen LogP contribution is 2.24. The van der Waals surface area contributed by atoms with Gasteiger partial charge in [-0.3, -0.25) is 4.79 Å². The number of hydrogen-bond donors (Lipinski definition) is 1. The van der Waals surface area contributed by atoms with Gasteiger partial charge in [0.2, 0.25) is 0 Å². The Morgan fingerprint density at radius 2 is 2.09 bits per heavy atom. The molecule has 0 saturated heterocycles. The Labute approximate surface area is 135 Å². The number of carbonyl (C=O) groups excluding carboxylic acids is 1. The maximum Gasteiger partial charge on any atom is 0.387 e. The van der Waals surface area contributed by atoms with Crippen LogP contribution in [0.2, 0.25) is 0 Å². The van der Waals surface area contributed by atoms with Crippen molar-refractivity contribution in [2.75, 3.05) is 0 Å². The number of rotatable bonds is 5. The Hall–Kier alpha value is -1.89. The average molecular weight is 373 g/mol. The largest absolute Gasteiger partial charge is 0.434 e. The molecule has 0 fully saturated rings. The highest BCUT2D eigenvalue weighted by atomic mass is 79.9. The molecule has 1 heterocycles. The van der Waals surface area contributed by atoms with Crippen LogP contribution >= 0.6 is 15.9 Å². The van der Waals surface area contributed by atoms with Gasteiger partial charge in [-0.05, 0) is 37.3 Å². The molecule has 1 N–H and O–H groups in total. The summed E-state index contributed by atoms with van der Waals surface area (Å²) in [5, 5.41) is 2.70. The molecule has 0 unspecified atom stereocenters. The van der Waals surface area contributed by atoms with Crippen molar-refractivity contribution in [1.29, 1.82) is 0 Å². The molecule has 4 nitrogen and oxygen atoms in total. The van der Waals surface area contributed by atoms with Gasteiger partial charge in [-0.1, -0.05) is 15.9 Å². The zero-order valence-electron chi connectivity index (χ0n) is 12.1. The number of amides is 1. The predicted octanol–water partition coefficient (Wildman–Crippen LogP) is 3.63. The summed E-state index contributed by atoms with van der Waals surface area (Å²) in [5.74, 6) is -0.236. The van der Waals surface area contributed by atoms with Crippen LogP contribution in [-0.2, 0) is 13.6 Å². The second-order valence-corrected chi connectivity index (χ2v) is 5.65. The Bertz CT molecular complexity index is 686. The van der Waals surface area contributed by atoms with E-state index in [1.54, 1.807) is 29.8 Å². The minimum atomic E-state index is -2.91. The third-order valence-corrected chi connectivity index (χ3v) is 3.78. The molecule has 22 heavy (non-hydrogen) atoms. The van der Waals surface area contributed by atoms with Crippen LogP contribution < -0.4 is 10.1 Å². The molecule has 0 aliphatic heterocycles. The molecular formula is C15H15BrF2N2O2. The number of nitrogens with one attached hydrogen (secondary N) is 1. The van der Waals surface area contributed by atoms with Crippen LogP contribution in [-0.4, -0.2) is 17.1 Å². The molecule has 0 aliphatic rings. The van der Waals surface area contributed by atoms with Crippen molar-refractivity contribution in [3.63, 3.8) is 0 Å². The van der Waals surface area contributed by atoms with Crippen LogP contribution in [0, 0.1) is 6.92 Å². The van der Waals surface area contributed by atoms with Gasteiger partial charge in [0.15, 0.2) is 0 Å². The average Bonchev–Trinajstić information content (AvgIpc) is 2.78. The molecular weight excluding hydrogens is 358 g/mol. The van der Waals surface area contributed by atoms with E-state index in [1.807, 2.05) is 13.0 Å². The number of benzene rings is 1. The van der Waals surface area contributed by atoms with Gasteiger partial charge in [-0.25, -0.2) is 0 Å². The molecule has 118 valence electrons. The molecule has 1 aromatic heterocycles. The third-order valence-electron chi connectivity index (χ3n) is 3.28. The summed E-state index contributed by atoms with van der Waals surface area (Å²) in [6.45, 7) is -0.935. The Kier molecular flexibility index (Phi) is 5.18.